The van der Waals surface area contributed by atoms with E-state index in [1.165, 1.54) is 7.11 Å². The summed E-state index contributed by atoms with van der Waals surface area (Å²) in [5, 5.41) is 12.0. The van der Waals surface area contributed by atoms with Gasteiger partial charge in [-0.1, -0.05) is 18.9 Å². The first-order chi connectivity index (χ1) is 14.1. The number of aliphatic hydroxyl groups excluding tert-OH is 1. The van der Waals surface area contributed by atoms with Gasteiger partial charge in [0.2, 0.25) is 5.88 Å². The Hall–Kier alpha value is -3.00. The summed E-state index contributed by atoms with van der Waals surface area (Å²) in [5.41, 5.74) is 2.59. The van der Waals surface area contributed by atoms with Crippen molar-refractivity contribution in [2.45, 2.75) is 51.4 Å². The van der Waals surface area contributed by atoms with Gasteiger partial charge in [0, 0.05) is 18.2 Å². The molecule has 152 valence electrons. The molecule has 8 heteroatoms. The zero-order valence-electron chi connectivity index (χ0n) is 16.4. The van der Waals surface area contributed by atoms with E-state index in [0.29, 0.717) is 29.2 Å². The van der Waals surface area contributed by atoms with Crippen LogP contribution < -0.4 is 10.1 Å². The lowest BCUT2D eigenvalue weighted by molar-refractivity contribution is 0.0706. The molecule has 0 atom stereocenters. The summed E-state index contributed by atoms with van der Waals surface area (Å²) in [4.78, 5) is 35.9. The molecule has 0 spiro atoms. The minimum absolute atomic E-state index is 0.00643. The van der Waals surface area contributed by atoms with Gasteiger partial charge in [0.1, 0.15) is 5.69 Å². The van der Waals surface area contributed by atoms with Gasteiger partial charge in [-0.2, -0.15) is 0 Å². The number of fused-ring (bicyclic) bond motifs is 1. The number of amides is 2. The number of carbonyl (C=O) groups is 2. The number of ether oxygens (including phenoxy) is 1. The second-order valence-corrected chi connectivity index (χ2v) is 7.38. The average molecular weight is 396 g/mol. The van der Waals surface area contributed by atoms with E-state index in [-0.39, 0.29) is 36.7 Å². The van der Waals surface area contributed by atoms with E-state index in [0.717, 1.165) is 31.4 Å². The Balaban J connectivity index is 1.51. The number of carbonyl (C=O) groups excluding carboxylic acids is 2. The molecule has 0 aromatic carbocycles. The molecule has 2 amide bonds. The minimum atomic E-state index is -0.373. The molecule has 29 heavy (non-hydrogen) atoms. The molecule has 2 aliphatic rings. The topological polar surface area (TPSA) is 105 Å². The van der Waals surface area contributed by atoms with Crippen LogP contribution in [0.4, 0.5) is 0 Å². The molecule has 1 saturated carbocycles. The standard InChI is InChI=1S/C21H24N4O4/c1-29-20-13(10-22-19(27)17-8-4-5-14(12-26)23-17)9-16-18(24-20)11-25(21(16)28)15-6-2-3-7-15/h4-5,8-9,15,26H,2-3,6-7,10-12H2,1H3,(H,22,27). The predicted molar refractivity (Wildman–Crippen MR) is 104 cm³/mol. The Labute approximate surface area is 168 Å². The van der Waals surface area contributed by atoms with Crippen molar-refractivity contribution in [1.82, 2.24) is 20.2 Å². The number of nitrogens with one attached hydrogen (secondary N) is 1. The van der Waals surface area contributed by atoms with Crippen molar-refractivity contribution in [2.75, 3.05) is 7.11 Å². The maximum absolute atomic E-state index is 12.9. The Morgan fingerprint density at radius 3 is 2.83 bits per heavy atom. The monoisotopic (exact) mass is 396 g/mol. The lowest BCUT2D eigenvalue weighted by atomic mass is 10.1. The predicted octanol–water partition coefficient (Wildman–Crippen LogP) is 1.81. The normalized spacial score (nSPS) is 16.2. The van der Waals surface area contributed by atoms with Crippen LogP contribution in [0.3, 0.4) is 0 Å². The Kier molecular flexibility index (Phi) is 5.44. The highest BCUT2D eigenvalue weighted by molar-refractivity contribution is 5.98. The maximum atomic E-state index is 12.9. The quantitative estimate of drug-likeness (QED) is 0.772. The minimum Gasteiger partial charge on any atom is -0.481 e. The lowest BCUT2D eigenvalue weighted by Crippen LogP contribution is -2.33. The van der Waals surface area contributed by atoms with Crippen molar-refractivity contribution < 1.29 is 19.4 Å². The van der Waals surface area contributed by atoms with Crippen LogP contribution in [-0.2, 0) is 19.7 Å². The molecule has 1 aliphatic heterocycles. The molecule has 2 aromatic heterocycles. The highest BCUT2D eigenvalue weighted by Crippen LogP contribution is 2.33. The molecule has 1 fully saturated rings. The molecule has 8 nitrogen and oxygen atoms in total. The molecule has 2 aromatic rings. The van der Waals surface area contributed by atoms with E-state index in [4.69, 9.17) is 4.74 Å². The van der Waals surface area contributed by atoms with E-state index in [2.05, 4.69) is 15.3 Å². The lowest BCUT2D eigenvalue weighted by Gasteiger charge is -2.22. The van der Waals surface area contributed by atoms with Crippen LogP contribution in [-0.4, -0.2) is 44.9 Å². The van der Waals surface area contributed by atoms with Crippen molar-refractivity contribution >= 4 is 11.8 Å². The summed E-state index contributed by atoms with van der Waals surface area (Å²) < 4.78 is 5.40. The van der Waals surface area contributed by atoms with Crippen LogP contribution in [0.5, 0.6) is 5.88 Å². The number of nitrogens with zero attached hydrogens (tertiary/aromatic N) is 3. The molecular formula is C21H24N4O4. The summed E-state index contributed by atoms with van der Waals surface area (Å²) in [5.74, 6) is 0.0379. The van der Waals surface area contributed by atoms with Gasteiger partial charge in [-0.05, 0) is 31.0 Å². The van der Waals surface area contributed by atoms with Crippen LogP contribution in [0, 0.1) is 0 Å². The second-order valence-electron chi connectivity index (χ2n) is 7.38. The highest BCUT2D eigenvalue weighted by Gasteiger charge is 2.35. The third-order valence-corrected chi connectivity index (χ3v) is 5.55. The molecule has 2 N–H and O–H groups in total. The van der Waals surface area contributed by atoms with Crippen molar-refractivity contribution in [2.24, 2.45) is 0 Å². The summed E-state index contributed by atoms with van der Waals surface area (Å²) in [7, 11) is 1.53. The van der Waals surface area contributed by atoms with Crippen molar-refractivity contribution in [3.05, 3.63) is 52.5 Å². The molecule has 3 heterocycles. The molecule has 0 bridgehead atoms. The van der Waals surface area contributed by atoms with E-state index in [1.54, 1.807) is 24.3 Å². The highest BCUT2D eigenvalue weighted by atomic mass is 16.5. The van der Waals surface area contributed by atoms with Crippen LogP contribution >= 0.6 is 0 Å². The van der Waals surface area contributed by atoms with Crippen molar-refractivity contribution in [3.63, 3.8) is 0 Å². The van der Waals surface area contributed by atoms with Gasteiger partial charge in [-0.15, -0.1) is 0 Å². The van der Waals surface area contributed by atoms with Gasteiger partial charge < -0.3 is 20.1 Å². The first-order valence-corrected chi connectivity index (χ1v) is 9.83. The molecule has 0 unspecified atom stereocenters. The Morgan fingerprint density at radius 2 is 2.10 bits per heavy atom. The number of methoxy groups -OCH3 is 1. The number of pyridine rings is 2. The zero-order chi connectivity index (χ0) is 20.4. The first-order valence-electron chi connectivity index (χ1n) is 9.83. The number of aliphatic hydroxyl groups is 1. The molecule has 0 radical (unpaired) electrons. The molecule has 0 saturated heterocycles. The number of hydrogen-bond acceptors (Lipinski definition) is 6. The van der Waals surface area contributed by atoms with Gasteiger partial charge in [0.15, 0.2) is 0 Å². The molecule has 4 rings (SSSR count). The van der Waals surface area contributed by atoms with Crippen LogP contribution in [0.2, 0.25) is 0 Å². The third-order valence-electron chi connectivity index (χ3n) is 5.55. The Morgan fingerprint density at radius 1 is 1.31 bits per heavy atom. The first kappa shape index (κ1) is 19.3. The smallest absolute Gasteiger partial charge is 0.270 e. The van der Waals surface area contributed by atoms with Gasteiger partial charge in [-0.25, -0.2) is 9.97 Å². The van der Waals surface area contributed by atoms with Crippen LogP contribution in [0.25, 0.3) is 0 Å². The summed E-state index contributed by atoms with van der Waals surface area (Å²) in [6, 6.07) is 6.95. The zero-order valence-corrected chi connectivity index (χ0v) is 16.4. The SMILES string of the molecule is COc1nc2c(cc1CNC(=O)c1cccc(CO)n1)C(=O)N(C1CCCC1)C2. The number of rotatable bonds is 6. The fourth-order valence-corrected chi connectivity index (χ4v) is 4.04. The third kappa shape index (κ3) is 3.80. The van der Waals surface area contributed by atoms with E-state index >= 15 is 0 Å². The van der Waals surface area contributed by atoms with Crippen molar-refractivity contribution in [1.29, 1.82) is 0 Å². The summed E-state index contributed by atoms with van der Waals surface area (Å²) in [6.07, 6.45) is 4.40. The van der Waals surface area contributed by atoms with E-state index < -0.39 is 0 Å². The Bertz CT molecular complexity index is 940. The number of aromatic nitrogens is 2. The average Bonchev–Trinajstić information content (AvgIpc) is 3.39. The largest absolute Gasteiger partial charge is 0.481 e. The molecule has 1 aliphatic carbocycles. The van der Waals surface area contributed by atoms with Gasteiger partial charge in [0.25, 0.3) is 11.8 Å². The van der Waals surface area contributed by atoms with Gasteiger partial charge >= 0.3 is 0 Å². The number of hydrogen-bond donors (Lipinski definition) is 2. The summed E-state index contributed by atoms with van der Waals surface area (Å²) >= 11 is 0. The van der Waals surface area contributed by atoms with Gasteiger partial charge in [-0.3, -0.25) is 9.59 Å². The van der Waals surface area contributed by atoms with Gasteiger partial charge in [0.05, 0.1) is 37.2 Å². The second kappa shape index (κ2) is 8.16. The van der Waals surface area contributed by atoms with Crippen molar-refractivity contribution in [3.8, 4) is 5.88 Å². The fourth-order valence-electron chi connectivity index (χ4n) is 4.04. The van der Waals surface area contributed by atoms with E-state index in [1.807, 2.05) is 4.90 Å². The maximum Gasteiger partial charge on any atom is 0.270 e. The van der Waals surface area contributed by atoms with E-state index in [9.17, 15) is 14.7 Å². The fraction of sp³-hybridized carbons (Fsp3) is 0.429. The van der Waals surface area contributed by atoms with Crippen LogP contribution in [0.15, 0.2) is 24.3 Å². The van der Waals surface area contributed by atoms with Crippen LogP contribution in [0.1, 0.15) is 63.5 Å². The molecular weight excluding hydrogens is 372 g/mol. The summed E-state index contributed by atoms with van der Waals surface area (Å²) in [6.45, 7) is 0.438.